The van der Waals surface area contributed by atoms with Gasteiger partial charge in [-0.15, -0.1) is 0 Å². The molecule has 4 heteroatoms. The summed E-state index contributed by atoms with van der Waals surface area (Å²) >= 11 is 0. The molecule has 0 saturated carbocycles. The van der Waals surface area contributed by atoms with Crippen molar-refractivity contribution in [3.8, 4) is 0 Å². The van der Waals surface area contributed by atoms with Gasteiger partial charge in [0, 0.05) is 5.41 Å². The Hall–Kier alpha value is -2.20. The average molecular weight is 406 g/mol. The van der Waals surface area contributed by atoms with Crippen LogP contribution >= 0.6 is 0 Å². The lowest BCUT2D eigenvalue weighted by Crippen LogP contribution is -2.59. The largest absolute Gasteiger partial charge is 0.356 e. The second-order valence-electron chi connectivity index (χ2n) is 10.6. The number of nitrogens with zero attached hydrogens (tertiary/aromatic N) is 2. The molecule has 0 fully saturated rings. The lowest BCUT2D eigenvalue weighted by Gasteiger charge is -2.47. The van der Waals surface area contributed by atoms with Gasteiger partial charge in [0.1, 0.15) is 22.3 Å². The van der Waals surface area contributed by atoms with Crippen molar-refractivity contribution in [3.63, 3.8) is 0 Å². The van der Waals surface area contributed by atoms with E-state index in [0.29, 0.717) is 0 Å². The molecule has 0 N–H and O–H groups in total. The zero-order chi connectivity index (χ0) is 21.9. The van der Waals surface area contributed by atoms with E-state index in [9.17, 15) is 4.79 Å². The highest BCUT2D eigenvalue weighted by atomic mass is 16.5. The molecule has 2 atom stereocenters. The van der Waals surface area contributed by atoms with E-state index in [1.807, 2.05) is 13.8 Å². The summed E-state index contributed by atoms with van der Waals surface area (Å²) in [6.45, 7) is 17.3. The molecule has 2 aliphatic rings. The fraction of sp³-hybridized carbons (Fsp3) is 0.538. The quantitative estimate of drug-likeness (QED) is 0.442. The topological polar surface area (TPSA) is 35.3 Å². The minimum absolute atomic E-state index is 0.103. The van der Waals surface area contributed by atoms with E-state index in [1.165, 1.54) is 16.3 Å². The van der Waals surface area contributed by atoms with E-state index >= 15 is 0 Å². The molecule has 0 aliphatic carbocycles. The molecule has 0 spiro atoms. The van der Waals surface area contributed by atoms with E-state index in [2.05, 4.69) is 81.0 Å². The first-order valence-corrected chi connectivity index (χ1v) is 11.2. The van der Waals surface area contributed by atoms with Crippen LogP contribution in [0.25, 0.3) is 16.4 Å². The molecule has 4 nitrogen and oxygen atoms in total. The third kappa shape index (κ3) is 1.97. The third-order valence-electron chi connectivity index (χ3n) is 8.41. The summed E-state index contributed by atoms with van der Waals surface area (Å²) in [7, 11) is 0. The van der Waals surface area contributed by atoms with Gasteiger partial charge in [-0.1, -0.05) is 39.0 Å². The minimum Gasteiger partial charge on any atom is -0.356 e. The predicted octanol–water partition coefficient (Wildman–Crippen LogP) is 5.05. The highest BCUT2D eigenvalue weighted by Gasteiger charge is 2.58. The van der Waals surface area contributed by atoms with Crippen molar-refractivity contribution < 1.29 is 9.14 Å². The number of hydrogen-bond acceptors (Lipinski definition) is 2. The number of benzene rings is 1. The maximum absolute atomic E-state index is 14.3. The molecule has 3 aromatic rings. The molecule has 0 radical (unpaired) electrons. The van der Waals surface area contributed by atoms with Gasteiger partial charge in [0.2, 0.25) is 0 Å². The second kappa shape index (κ2) is 5.53. The highest BCUT2D eigenvalue weighted by Crippen LogP contribution is 2.52. The van der Waals surface area contributed by atoms with E-state index < -0.39 is 11.2 Å². The van der Waals surface area contributed by atoms with Gasteiger partial charge < -0.3 is 4.74 Å². The lowest BCUT2D eigenvalue weighted by molar-refractivity contribution is -0.534. The molecule has 4 heterocycles. The molecular formula is C26H33N2O2+. The van der Waals surface area contributed by atoms with Crippen LogP contribution in [-0.4, -0.2) is 4.57 Å². The zero-order valence-corrected chi connectivity index (χ0v) is 19.5. The van der Waals surface area contributed by atoms with Gasteiger partial charge in [-0.25, -0.2) is 4.79 Å². The summed E-state index contributed by atoms with van der Waals surface area (Å²) in [4.78, 5) is 14.3. The molecule has 2 aliphatic heterocycles. The normalized spacial score (nSPS) is 28.4. The van der Waals surface area contributed by atoms with Gasteiger partial charge >= 0.3 is 5.56 Å². The van der Waals surface area contributed by atoms with Gasteiger partial charge in [-0.3, -0.25) is 0 Å². The Kier molecular flexibility index (Phi) is 3.64. The predicted molar refractivity (Wildman–Crippen MR) is 120 cm³/mol. The van der Waals surface area contributed by atoms with Crippen molar-refractivity contribution in [2.75, 3.05) is 0 Å². The first-order chi connectivity index (χ1) is 13.9. The second-order valence-corrected chi connectivity index (χ2v) is 10.6. The van der Waals surface area contributed by atoms with E-state index in [0.717, 1.165) is 29.7 Å². The molecule has 0 amide bonds. The molecule has 158 valence electrons. The number of pyridine rings is 1. The lowest BCUT2D eigenvalue weighted by atomic mass is 9.61. The van der Waals surface area contributed by atoms with Gasteiger partial charge in [0.05, 0.1) is 11.6 Å². The number of ether oxygens (including phenoxy) is 1. The van der Waals surface area contributed by atoms with Gasteiger partial charge in [-0.2, -0.15) is 8.97 Å². The summed E-state index contributed by atoms with van der Waals surface area (Å²) in [6, 6.07) is 8.78. The Morgan fingerprint density at radius 2 is 1.67 bits per heavy atom. The van der Waals surface area contributed by atoms with E-state index in [-0.39, 0.29) is 16.5 Å². The van der Waals surface area contributed by atoms with Crippen LogP contribution in [0.5, 0.6) is 0 Å². The summed E-state index contributed by atoms with van der Waals surface area (Å²) in [5.41, 5.74) is 2.57. The van der Waals surface area contributed by atoms with Gasteiger partial charge in [0.25, 0.3) is 5.65 Å². The van der Waals surface area contributed by atoms with Crippen LogP contribution < -0.4 is 9.96 Å². The summed E-state index contributed by atoms with van der Waals surface area (Å²) in [5.74, 6) is 0. The van der Waals surface area contributed by atoms with Crippen LogP contribution in [0.2, 0.25) is 0 Å². The fourth-order valence-corrected chi connectivity index (χ4v) is 6.58. The van der Waals surface area contributed by atoms with Crippen LogP contribution in [0.3, 0.4) is 0 Å². The van der Waals surface area contributed by atoms with Crippen molar-refractivity contribution in [1.29, 1.82) is 0 Å². The molecule has 2 aromatic heterocycles. The molecule has 5 rings (SSSR count). The van der Waals surface area contributed by atoms with Gasteiger partial charge in [0.15, 0.2) is 5.69 Å². The Balaban J connectivity index is 2.17. The summed E-state index contributed by atoms with van der Waals surface area (Å²) < 4.78 is 10.8. The fourth-order valence-electron chi connectivity index (χ4n) is 6.58. The molecule has 0 bridgehead atoms. The third-order valence-corrected chi connectivity index (χ3v) is 8.41. The number of hydrogen-bond donors (Lipinski definition) is 0. The summed E-state index contributed by atoms with van der Waals surface area (Å²) in [6.07, 6.45) is 3.97. The van der Waals surface area contributed by atoms with Crippen molar-refractivity contribution in [3.05, 3.63) is 57.6 Å². The maximum Gasteiger partial charge on any atom is 0.344 e. The van der Waals surface area contributed by atoms with Crippen molar-refractivity contribution in [2.45, 2.75) is 90.4 Å². The van der Waals surface area contributed by atoms with Crippen LogP contribution in [0.1, 0.15) is 85.1 Å². The van der Waals surface area contributed by atoms with E-state index in [4.69, 9.17) is 4.74 Å². The Morgan fingerprint density at radius 3 is 2.30 bits per heavy atom. The zero-order valence-electron chi connectivity index (χ0n) is 19.5. The Labute approximate surface area is 178 Å². The highest BCUT2D eigenvalue weighted by molar-refractivity contribution is 5.97. The minimum atomic E-state index is -0.635. The Morgan fingerprint density at radius 1 is 0.967 bits per heavy atom. The number of rotatable bonds is 2. The SMILES string of the molecule is CCC1(C)c2cccc3cc[n+]4c5c(c(=O)n(c4c23)C1(C)CC)C(C)(C)OC5(C)C. The van der Waals surface area contributed by atoms with Crippen LogP contribution in [0.4, 0.5) is 0 Å². The average Bonchev–Trinajstić information content (AvgIpc) is 2.89. The first-order valence-electron chi connectivity index (χ1n) is 11.2. The smallest absolute Gasteiger partial charge is 0.344 e. The van der Waals surface area contributed by atoms with Gasteiger partial charge in [-0.05, 0) is 64.5 Å². The molecule has 30 heavy (non-hydrogen) atoms. The monoisotopic (exact) mass is 405 g/mol. The first kappa shape index (κ1) is 19.7. The van der Waals surface area contributed by atoms with Crippen LogP contribution in [-0.2, 0) is 26.9 Å². The molecular weight excluding hydrogens is 372 g/mol. The molecule has 0 saturated heterocycles. The molecule has 1 aromatic carbocycles. The summed E-state index contributed by atoms with van der Waals surface area (Å²) in [5, 5.41) is 2.39. The van der Waals surface area contributed by atoms with E-state index in [1.54, 1.807) is 0 Å². The number of aromatic nitrogens is 2. The standard InChI is InChI=1S/C26H33N2O2/c1-9-25(7)17-13-11-12-16-14-15-27-20-19(23(3,4)30-24(20,5)6)22(29)28(21(27)18(16)17)26(25,8)10-2/h11-15H,9-10H2,1-8H3/q+1. The van der Waals surface area contributed by atoms with Crippen molar-refractivity contribution >= 4 is 16.4 Å². The Bertz CT molecular complexity index is 1300. The number of fused-ring (bicyclic) bond motifs is 2. The molecule has 2 unspecified atom stereocenters. The van der Waals surface area contributed by atoms with Crippen LogP contribution in [0.15, 0.2) is 35.3 Å². The van der Waals surface area contributed by atoms with Crippen molar-refractivity contribution in [1.82, 2.24) is 4.57 Å². The maximum atomic E-state index is 14.3. The van der Waals surface area contributed by atoms with Crippen LogP contribution in [0, 0.1) is 0 Å². The van der Waals surface area contributed by atoms with Crippen molar-refractivity contribution in [2.24, 2.45) is 0 Å².